The van der Waals surface area contributed by atoms with Crippen molar-refractivity contribution in [3.05, 3.63) is 0 Å². The zero-order chi connectivity index (χ0) is 8.41. The first-order chi connectivity index (χ1) is 4.27. The van der Waals surface area contributed by atoms with Crippen molar-refractivity contribution < 1.29 is 65.6 Å². The Morgan fingerprint density at radius 3 is 1.64 bits per heavy atom. The Hall–Kier alpha value is 0.740. The predicted molar refractivity (Wildman–Crippen MR) is 26.4 cm³/mol. The predicted octanol–water partition coefficient (Wildman–Crippen LogP) is -4.34. The zero-order valence-corrected chi connectivity index (χ0v) is 8.79. The van der Waals surface area contributed by atoms with Crippen molar-refractivity contribution in [1.29, 1.82) is 0 Å². The smallest absolute Gasteiger partial charge is 1.00 e. The molecule has 64 valence electrons. The molecule has 0 aliphatic heterocycles. The molecular formula is H3NaO8S2. The molecule has 0 spiro atoms. The molecule has 0 heterocycles. The maximum Gasteiger partial charge on any atom is 1.00 e. The summed E-state index contributed by atoms with van der Waals surface area (Å²) in [7, 11) is -10.2. The molecule has 8 nitrogen and oxygen atoms in total. The minimum Gasteiger partial charge on any atom is -1.00 e. The van der Waals surface area contributed by atoms with E-state index < -0.39 is 20.8 Å². The van der Waals surface area contributed by atoms with Gasteiger partial charge in [-0.05, 0) is 0 Å². The number of rotatable bonds is 3. The molecule has 0 aromatic heterocycles. The molecule has 11 heteroatoms. The van der Waals surface area contributed by atoms with E-state index in [-0.39, 0.29) is 31.0 Å². The van der Waals surface area contributed by atoms with E-state index in [4.69, 9.17) is 9.81 Å². The molecule has 0 saturated heterocycles. The van der Waals surface area contributed by atoms with Gasteiger partial charge in [-0.2, -0.15) is 16.8 Å². The third-order valence-electron chi connectivity index (χ3n) is 0.261. The molecule has 0 fully saturated rings. The van der Waals surface area contributed by atoms with Gasteiger partial charge in [0.2, 0.25) is 0 Å². The van der Waals surface area contributed by atoms with Gasteiger partial charge in [0.05, 0.1) is 0 Å². The molecule has 0 aromatic carbocycles. The van der Waals surface area contributed by atoms with Gasteiger partial charge < -0.3 is 1.43 Å². The van der Waals surface area contributed by atoms with E-state index in [1.165, 1.54) is 0 Å². The van der Waals surface area contributed by atoms with Gasteiger partial charge in [-0.15, -0.1) is 0 Å². The van der Waals surface area contributed by atoms with Crippen LogP contribution in [-0.2, 0) is 28.8 Å². The summed E-state index contributed by atoms with van der Waals surface area (Å²) in [6.07, 6.45) is 0. The van der Waals surface area contributed by atoms with Gasteiger partial charge in [-0.3, -0.25) is 4.55 Å². The summed E-state index contributed by atoms with van der Waals surface area (Å²) in [6.45, 7) is 0. The SMILES string of the molecule is O=S(=O)(O)OS(=O)(=O)OO.[H-].[Na+]. The van der Waals surface area contributed by atoms with Crippen molar-refractivity contribution in [1.82, 2.24) is 0 Å². The second-order valence-electron chi connectivity index (χ2n) is 0.979. The second kappa shape index (κ2) is 4.69. The van der Waals surface area contributed by atoms with Crippen molar-refractivity contribution in [3.63, 3.8) is 0 Å². The Morgan fingerprint density at radius 1 is 1.18 bits per heavy atom. The number of hydrogen-bond acceptors (Lipinski definition) is 7. The van der Waals surface area contributed by atoms with Crippen LogP contribution < -0.4 is 29.6 Å². The van der Waals surface area contributed by atoms with Gasteiger partial charge in [0.1, 0.15) is 0 Å². The molecular weight excluding hydrogens is 215 g/mol. The average molecular weight is 218 g/mol. The van der Waals surface area contributed by atoms with E-state index >= 15 is 0 Å². The van der Waals surface area contributed by atoms with Crippen LogP contribution in [0.15, 0.2) is 0 Å². The summed E-state index contributed by atoms with van der Waals surface area (Å²) in [5.41, 5.74) is 0. The normalized spacial score (nSPS) is 12.2. The molecule has 0 amide bonds. The van der Waals surface area contributed by atoms with Crippen molar-refractivity contribution in [2.75, 3.05) is 0 Å². The molecule has 0 radical (unpaired) electrons. The van der Waals surface area contributed by atoms with Crippen LogP contribution in [-0.4, -0.2) is 26.6 Å². The fourth-order valence-corrected chi connectivity index (χ4v) is 1.06. The van der Waals surface area contributed by atoms with Gasteiger partial charge in [0.15, 0.2) is 0 Å². The van der Waals surface area contributed by atoms with Crippen LogP contribution in [0.3, 0.4) is 0 Å². The van der Waals surface area contributed by atoms with E-state index in [1.807, 2.05) is 0 Å². The quantitative estimate of drug-likeness (QED) is 0.210. The Balaban J connectivity index is -0.000000405. The van der Waals surface area contributed by atoms with Gasteiger partial charge in [-0.25, -0.2) is 5.26 Å². The van der Waals surface area contributed by atoms with Crippen LogP contribution >= 0.6 is 0 Å². The van der Waals surface area contributed by atoms with E-state index in [1.54, 1.807) is 0 Å². The molecule has 11 heavy (non-hydrogen) atoms. The van der Waals surface area contributed by atoms with Crippen LogP contribution in [0.2, 0.25) is 0 Å². The Labute approximate surface area is 86.1 Å². The van der Waals surface area contributed by atoms with Crippen molar-refractivity contribution >= 4 is 20.8 Å². The zero-order valence-electron chi connectivity index (χ0n) is 6.16. The number of hydrogen-bond donors (Lipinski definition) is 2. The average Bonchev–Trinajstić information content (AvgIpc) is 1.60. The molecule has 0 unspecified atom stereocenters. The standard InChI is InChI=1S/Na.H2O8S2.H/c;1-7-10(5,6)8-9(2,3)4;/h;1H,(H,2,3,4);/q+1;;-1. The Bertz CT molecular complexity index is 285. The molecule has 0 aliphatic carbocycles. The molecule has 0 atom stereocenters. The third kappa shape index (κ3) is 8.65. The van der Waals surface area contributed by atoms with Crippen molar-refractivity contribution in [2.24, 2.45) is 0 Å². The largest absolute Gasteiger partial charge is 1.00 e. The van der Waals surface area contributed by atoms with Gasteiger partial charge in [-0.1, -0.05) is 7.96 Å². The van der Waals surface area contributed by atoms with Gasteiger partial charge in [0.25, 0.3) is 0 Å². The summed E-state index contributed by atoms with van der Waals surface area (Å²) in [5.74, 6) is 0. The summed E-state index contributed by atoms with van der Waals surface area (Å²) < 4.78 is 51.7. The maximum absolute atomic E-state index is 9.78. The van der Waals surface area contributed by atoms with E-state index in [0.29, 0.717) is 0 Å². The minimum atomic E-state index is -5.17. The third-order valence-corrected chi connectivity index (χ3v) is 1.80. The van der Waals surface area contributed by atoms with Crippen LogP contribution in [0.5, 0.6) is 0 Å². The van der Waals surface area contributed by atoms with E-state index in [0.717, 1.165) is 0 Å². The van der Waals surface area contributed by atoms with E-state index in [2.05, 4.69) is 7.96 Å². The van der Waals surface area contributed by atoms with Gasteiger partial charge in [0, 0.05) is 0 Å². The maximum atomic E-state index is 9.78. The van der Waals surface area contributed by atoms with E-state index in [9.17, 15) is 16.8 Å². The van der Waals surface area contributed by atoms with Crippen LogP contribution in [0.1, 0.15) is 1.43 Å². The molecule has 0 rings (SSSR count). The van der Waals surface area contributed by atoms with Crippen LogP contribution in [0.25, 0.3) is 0 Å². The Morgan fingerprint density at radius 2 is 1.55 bits per heavy atom. The first kappa shape index (κ1) is 14.3. The molecule has 0 aromatic rings. The summed E-state index contributed by atoms with van der Waals surface area (Å²) in [6, 6.07) is 0. The molecule has 0 saturated carbocycles. The summed E-state index contributed by atoms with van der Waals surface area (Å²) in [4.78, 5) is 0. The van der Waals surface area contributed by atoms with Crippen LogP contribution in [0.4, 0.5) is 0 Å². The summed E-state index contributed by atoms with van der Waals surface area (Å²) >= 11 is 0. The van der Waals surface area contributed by atoms with Gasteiger partial charge >= 0.3 is 50.4 Å². The minimum absolute atomic E-state index is 0. The first-order valence-corrected chi connectivity index (χ1v) is 4.23. The van der Waals surface area contributed by atoms with Crippen LogP contribution in [0, 0.1) is 0 Å². The van der Waals surface area contributed by atoms with Crippen molar-refractivity contribution in [2.45, 2.75) is 0 Å². The Kier molecular flexibility index (Phi) is 6.09. The monoisotopic (exact) mass is 218 g/mol. The summed E-state index contributed by atoms with van der Waals surface area (Å²) in [5, 5.41) is 7.37. The molecule has 0 bridgehead atoms. The fourth-order valence-electron chi connectivity index (χ4n) is 0.118. The fraction of sp³-hybridized carbons (Fsp3) is 0. The first-order valence-electron chi connectivity index (χ1n) is 1.53. The molecule has 2 N–H and O–H groups in total. The molecule has 0 aliphatic rings. The second-order valence-corrected chi connectivity index (χ2v) is 3.34. The topological polar surface area (TPSA) is 127 Å². The van der Waals surface area contributed by atoms with Crippen molar-refractivity contribution in [3.8, 4) is 0 Å².